The van der Waals surface area contributed by atoms with Crippen LogP contribution in [0.3, 0.4) is 0 Å². The van der Waals surface area contributed by atoms with E-state index in [1.807, 2.05) is 6.07 Å². The molecule has 1 aliphatic carbocycles. The van der Waals surface area contributed by atoms with Gasteiger partial charge in [0.05, 0.1) is 13.7 Å². The van der Waals surface area contributed by atoms with Crippen LogP contribution in [0.15, 0.2) is 18.2 Å². The van der Waals surface area contributed by atoms with E-state index in [0.29, 0.717) is 23.3 Å². The van der Waals surface area contributed by atoms with Crippen molar-refractivity contribution in [1.29, 1.82) is 0 Å². The Kier molecular flexibility index (Phi) is 1.96. The normalized spacial score (nSPS) is 29.8. The molecule has 0 saturated heterocycles. The molecular weight excluding hydrogens is 204 g/mol. The fourth-order valence-corrected chi connectivity index (χ4v) is 2.74. The predicted octanol–water partition coefficient (Wildman–Crippen LogP) is 2.22. The van der Waals surface area contributed by atoms with Gasteiger partial charge in [0.2, 0.25) is 0 Å². The van der Waals surface area contributed by atoms with Gasteiger partial charge in [-0.25, -0.2) is 4.79 Å². The largest absolute Gasteiger partial charge is 0.492 e. The lowest BCUT2D eigenvalue weighted by Gasteiger charge is -2.18. The van der Waals surface area contributed by atoms with Gasteiger partial charge in [-0.1, -0.05) is 19.1 Å². The predicted molar refractivity (Wildman–Crippen MR) is 58.7 cm³/mol. The van der Waals surface area contributed by atoms with E-state index in [1.54, 1.807) is 6.07 Å². The van der Waals surface area contributed by atoms with E-state index in [-0.39, 0.29) is 5.97 Å². The Hall–Kier alpha value is -1.51. The Bertz CT molecular complexity index is 452. The summed E-state index contributed by atoms with van der Waals surface area (Å²) in [4.78, 5) is 11.6. The van der Waals surface area contributed by atoms with Crippen LogP contribution in [-0.2, 0) is 4.74 Å². The molecule has 0 N–H and O–H groups in total. The zero-order valence-corrected chi connectivity index (χ0v) is 9.40. The molecule has 2 aliphatic rings. The van der Waals surface area contributed by atoms with E-state index < -0.39 is 0 Å². The SMILES string of the molecule is COC(=O)c1cccc2c1OCC1C(C)C21. The highest BCUT2D eigenvalue weighted by Gasteiger charge is 2.52. The summed E-state index contributed by atoms with van der Waals surface area (Å²) in [7, 11) is 1.40. The monoisotopic (exact) mass is 218 g/mol. The Morgan fingerprint density at radius 2 is 2.31 bits per heavy atom. The van der Waals surface area contributed by atoms with Crippen molar-refractivity contribution in [3.8, 4) is 5.75 Å². The molecule has 3 nitrogen and oxygen atoms in total. The lowest BCUT2D eigenvalue weighted by atomic mass is 10.0. The molecule has 3 heteroatoms. The maximum absolute atomic E-state index is 11.6. The second kappa shape index (κ2) is 3.24. The van der Waals surface area contributed by atoms with Crippen LogP contribution in [0.4, 0.5) is 0 Å². The first-order chi connectivity index (χ1) is 7.74. The molecule has 3 atom stereocenters. The summed E-state index contributed by atoms with van der Waals surface area (Å²) in [6, 6.07) is 5.72. The number of ether oxygens (including phenoxy) is 2. The molecule has 0 radical (unpaired) electrons. The van der Waals surface area contributed by atoms with E-state index in [0.717, 1.165) is 12.4 Å². The molecule has 84 valence electrons. The summed E-state index contributed by atoms with van der Waals surface area (Å²) >= 11 is 0. The van der Waals surface area contributed by atoms with Gasteiger partial charge in [0.25, 0.3) is 0 Å². The van der Waals surface area contributed by atoms with Gasteiger partial charge in [-0.05, 0) is 23.5 Å². The first kappa shape index (κ1) is 9.70. The molecule has 1 saturated carbocycles. The lowest BCUT2D eigenvalue weighted by molar-refractivity contribution is 0.0595. The van der Waals surface area contributed by atoms with Gasteiger partial charge in [0.1, 0.15) is 11.3 Å². The van der Waals surface area contributed by atoms with Crippen molar-refractivity contribution in [3.05, 3.63) is 29.3 Å². The maximum atomic E-state index is 11.6. The third-order valence-corrected chi connectivity index (χ3v) is 3.79. The third-order valence-electron chi connectivity index (χ3n) is 3.79. The average molecular weight is 218 g/mol. The highest BCUT2D eigenvalue weighted by Crippen LogP contribution is 2.59. The quantitative estimate of drug-likeness (QED) is 0.678. The topological polar surface area (TPSA) is 35.5 Å². The summed E-state index contributed by atoms with van der Waals surface area (Å²) in [6.45, 7) is 2.96. The van der Waals surface area contributed by atoms with Crippen LogP contribution in [0.25, 0.3) is 0 Å². The molecule has 0 spiro atoms. The molecule has 0 bridgehead atoms. The van der Waals surface area contributed by atoms with Crippen LogP contribution < -0.4 is 4.74 Å². The fraction of sp³-hybridized carbons (Fsp3) is 0.462. The highest BCUT2D eigenvalue weighted by molar-refractivity contribution is 5.93. The number of fused-ring (bicyclic) bond motifs is 3. The molecule has 0 amide bonds. The van der Waals surface area contributed by atoms with Gasteiger partial charge in [-0.2, -0.15) is 0 Å². The number of para-hydroxylation sites is 1. The minimum atomic E-state index is -0.316. The van der Waals surface area contributed by atoms with Crippen LogP contribution in [-0.4, -0.2) is 19.7 Å². The molecule has 1 aromatic carbocycles. The summed E-state index contributed by atoms with van der Waals surface area (Å²) < 4.78 is 10.5. The minimum Gasteiger partial charge on any atom is -0.492 e. The van der Waals surface area contributed by atoms with Crippen molar-refractivity contribution >= 4 is 5.97 Å². The standard InChI is InChI=1S/C13H14O3/c1-7-10-6-16-12-8(11(7)10)4-3-5-9(12)13(14)15-2/h3-5,7,10-11H,6H2,1-2H3. The third kappa shape index (κ3) is 1.17. The number of methoxy groups -OCH3 is 1. The average Bonchev–Trinajstić information content (AvgIpc) is 2.99. The summed E-state index contributed by atoms with van der Waals surface area (Å²) in [5, 5.41) is 0. The first-order valence-corrected chi connectivity index (χ1v) is 5.58. The molecule has 1 heterocycles. The van der Waals surface area contributed by atoms with E-state index in [9.17, 15) is 4.79 Å². The highest BCUT2D eigenvalue weighted by atomic mass is 16.5. The second-order valence-corrected chi connectivity index (χ2v) is 4.58. The molecule has 16 heavy (non-hydrogen) atoms. The number of rotatable bonds is 1. The Morgan fingerprint density at radius 1 is 1.50 bits per heavy atom. The molecule has 1 aliphatic heterocycles. The van der Waals surface area contributed by atoms with E-state index >= 15 is 0 Å². The van der Waals surface area contributed by atoms with Gasteiger partial charge in [0.15, 0.2) is 0 Å². The molecule has 3 rings (SSSR count). The summed E-state index contributed by atoms with van der Waals surface area (Å²) in [5.74, 6) is 2.31. The Labute approximate surface area is 94.4 Å². The van der Waals surface area contributed by atoms with Gasteiger partial charge in [0, 0.05) is 5.92 Å². The first-order valence-electron chi connectivity index (χ1n) is 5.58. The van der Waals surface area contributed by atoms with Crippen LogP contribution in [0.5, 0.6) is 5.75 Å². The smallest absolute Gasteiger partial charge is 0.341 e. The zero-order valence-electron chi connectivity index (χ0n) is 9.40. The van der Waals surface area contributed by atoms with Crippen molar-refractivity contribution < 1.29 is 14.3 Å². The maximum Gasteiger partial charge on any atom is 0.341 e. The number of carbonyl (C=O) groups excluding carboxylic acids is 1. The molecule has 3 unspecified atom stereocenters. The van der Waals surface area contributed by atoms with Crippen molar-refractivity contribution in [1.82, 2.24) is 0 Å². The van der Waals surface area contributed by atoms with Gasteiger partial charge >= 0.3 is 5.97 Å². The fourth-order valence-electron chi connectivity index (χ4n) is 2.74. The molecule has 1 aromatic rings. The summed E-state index contributed by atoms with van der Waals surface area (Å²) in [5.41, 5.74) is 1.73. The minimum absolute atomic E-state index is 0.316. The van der Waals surface area contributed by atoms with Crippen molar-refractivity contribution in [2.24, 2.45) is 11.8 Å². The van der Waals surface area contributed by atoms with Crippen LogP contribution >= 0.6 is 0 Å². The van der Waals surface area contributed by atoms with Crippen LogP contribution in [0.2, 0.25) is 0 Å². The van der Waals surface area contributed by atoms with Gasteiger partial charge < -0.3 is 9.47 Å². The van der Waals surface area contributed by atoms with E-state index in [2.05, 4.69) is 13.0 Å². The lowest BCUT2D eigenvalue weighted by Crippen LogP contribution is -2.13. The van der Waals surface area contributed by atoms with Crippen molar-refractivity contribution in [3.63, 3.8) is 0 Å². The molecule has 1 fully saturated rings. The number of benzene rings is 1. The van der Waals surface area contributed by atoms with Crippen LogP contribution in [0.1, 0.15) is 28.8 Å². The van der Waals surface area contributed by atoms with E-state index in [1.165, 1.54) is 12.7 Å². The van der Waals surface area contributed by atoms with Gasteiger partial charge in [-0.15, -0.1) is 0 Å². The number of hydrogen-bond donors (Lipinski definition) is 0. The van der Waals surface area contributed by atoms with Gasteiger partial charge in [-0.3, -0.25) is 0 Å². The number of hydrogen-bond acceptors (Lipinski definition) is 3. The second-order valence-electron chi connectivity index (χ2n) is 4.58. The zero-order chi connectivity index (χ0) is 11.3. The molecular formula is C13H14O3. The number of esters is 1. The Morgan fingerprint density at radius 3 is 3.06 bits per heavy atom. The van der Waals surface area contributed by atoms with E-state index in [4.69, 9.17) is 9.47 Å². The van der Waals surface area contributed by atoms with Crippen molar-refractivity contribution in [2.75, 3.05) is 13.7 Å². The molecule has 0 aromatic heterocycles. The number of carbonyl (C=O) groups is 1. The Balaban J connectivity index is 2.07. The van der Waals surface area contributed by atoms with Crippen LogP contribution in [0, 0.1) is 11.8 Å². The summed E-state index contributed by atoms with van der Waals surface area (Å²) in [6.07, 6.45) is 0. The van der Waals surface area contributed by atoms with Crippen molar-refractivity contribution in [2.45, 2.75) is 12.8 Å².